The molecular weight excluding hydrogens is 266 g/mol. The van der Waals surface area contributed by atoms with Crippen LogP contribution in [0.25, 0.3) is 0 Å². The number of carbonyl (C=O) groups excluding carboxylic acids is 1. The van der Waals surface area contributed by atoms with E-state index in [4.69, 9.17) is 5.73 Å². The van der Waals surface area contributed by atoms with Gasteiger partial charge in [0.15, 0.2) is 0 Å². The lowest BCUT2D eigenvalue weighted by Gasteiger charge is -1.99. The van der Waals surface area contributed by atoms with Gasteiger partial charge in [-0.1, -0.05) is 47.3 Å². The zero-order chi connectivity index (χ0) is 12.0. The summed E-state index contributed by atoms with van der Waals surface area (Å²) in [5.74, 6) is 5.15. The van der Waals surface area contributed by atoms with E-state index < -0.39 is 0 Å². The van der Waals surface area contributed by atoms with Gasteiger partial charge in [0.25, 0.3) is 0 Å². The summed E-state index contributed by atoms with van der Waals surface area (Å²) >= 11 is 3.31. The predicted octanol–water partition coefficient (Wildman–Crippen LogP) is 2.76. The van der Waals surface area contributed by atoms with Crippen LogP contribution in [0, 0.1) is 11.8 Å². The van der Waals surface area contributed by atoms with E-state index in [0.717, 1.165) is 17.3 Å². The van der Waals surface area contributed by atoms with Crippen LogP contribution >= 0.6 is 15.9 Å². The quantitative estimate of drug-likeness (QED) is 0.525. The van der Waals surface area contributed by atoms with Gasteiger partial charge in [0.05, 0.1) is 6.04 Å². The van der Waals surface area contributed by atoms with Crippen LogP contribution in [0.1, 0.15) is 30.1 Å². The first-order chi connectivity index (χ1) is 7.65. The van der Waals surface area contributed by atoms with Gasteiger partial charge in [0, 0.05) is 10.0 Å². The first-order valence-electron chi connectivity index (χ1n) is 5.21. The zero-order valence-electron chi connectivity index (χ0n) is 9.16. The van der Waals surface area contributed by atoms with Gasteiger partial charge in [0.1, 0.15) is 0 Å². The van der Waals surface area contributed by atoms with E-state index in [-0.39, 0.29) is 11.8 Å². The molecule has 0 saturated carbocycles. The lowest BCUT2D eigenvalue weighted by Crippen LogP contribution is -2.17. The van der Waals surface area contributed by atoms with Crippen molar-refractivity contribution < 1.29 is 4.79 Å². The highest BCUT2D eigenvalue weighted by Crippen LogP contribution is 2.15. The highest BCUT2D eigenvalue weighted by Gasteiger charge is 2.05. The first-order valence-corrected chi connectivity index (χ1v) is 6.00. The van der Waals surface area contributed by atoms with Gasteiger partial charge in [-0.25, -0.2) is 0 Å². The third-order valence-electron chi connectivity index (χ3n) is 2.09. The molecule has 0 saturated heterocycles. The van der Waals surface area contributed by atoms with Gasteiger partial charge in [-0.05, 0) is 24.5 Å². The molecule has 0 spiro atoms. The monoisotopic (exact) mass is 279 g/mol. The molecule has 0 aliphatic rings. The molecule has 3 heteroatoms. The SMILES string of the molecule is CCCC(N)C#CC(=O)c1ccccc1Br. The fraction of sp³-hybridized carbons (Fsp3) is 0.308. The van der Waals surface area contributed by atoms with Crippen LogP contribution in [0.3, 0.4) is 0 Å². The minimum atomic E-state index is -0.212. The maximum atomic E-state index is 11.7. The molecule has 0 aliphatic heterocycles. The summed E-state index contributed by atoms with van der Waals surface area (Å²) in [5.41, 5.74) is 6.29. The van der Waals surface area contributed by atoms with Crippen molar-refractivity contribution in [3.05, 3.63) is 34.3 Å². The lowest BCUT2D eigenvalue weighted by atomic mass is 10.1. The van der Waals surface area contributed by atoms with Crippen molar-refractivity contribution in [1.29, 1.82) is 0 Å². The second-order valence-corrected chi connectivity index (χ2v) is 4.33. The lowest BCUT2D eigenvalue weighted by molar-refractivity contribution is 0.105. The van der Waals surface area contributed by atoms with Crippen molar-refractivity contribution in [1.82, 2.24) is 0 Å². The van der Waals surface area contributed by atoms with E-state index in [9.17, 15) is 4.79 Å². The molecule has 0 aliphatic carbocycles. The number of Topliss-reactive ketones (excluding diaryl/α,β-unsaturated/α-hetero) is 1. The fourth-order valence-corrected chi connectivity index (χ4v) is 1.72. The zero-order valence-corrected chi connectivity index (χ0v) is 10.8. The number of ketones is 1. The summed E-state index contributed by atoms with van der Waals surface area (Å²) in [4.78, 5) is 11.7. The maximum Gasteiger partial charge on any atom is 0.237 e. The summed E-state index contributed by atoms with van der Waals surface area (Å²) in [5, 5.41) is 0. The van der Waals surface area contributed by atoms with Crippen molar-refractivity contribution in [2.24, 2.45) is 5.73 Å². The Labute approximate surface area is 104 Å². The fourth-order valence-electron chi connectivity index (χ4n) is 1.25. The van der Waals surface area contributed by atoms with Crippen LogP contribution in [0.15, 0.2) is 28.7 Å². The Balaban J connectivity index is 2.76. The normalized spacial score (nSPS) is 11.4. The summed E-state index contributed by atoms with van der Waals surface area (Å²) in [6, 6.07) is 7.02. The molecule has 84 valence electrons. The smallest absolute Gasteiger partial charge is 0.237 e. The van der Waals surface area contributed by atoms with Crippen LogP contribution < -0.4 is 5.73 Å². The summed E-state index contributed by atoms with van der Waals surface area (Å²) in [6.07, 6.45) is 1.79. The van der Waals surface area contributed by atoms with E-state index in [1.54, 1.807) is 6.07 Å². The Morgan fingerprint density at radius 2 is 2.19 bits per heavy atom. The molecule has 16 heavy (non-hydrogen) atoms. The molecule has 0 aromatic heterocycles. The molecule has 1 aromatic carbocycles. The standard InChI is InChI=1S/C13H14BrNO/c1-2-5-10(15)8-9-13(16)11-6-3-4-7-12(11)14/h3-4,6-7,10H,2,5,15H2,1H3. The molecule has 1 unspecified atom stereocenters. The van der Waals surface area contributed by atoms with Crippen LogP contribution in [0.4, 0.5) is 0 Å². The Morgan fingerprint density at radius 3 is 2.81 bits per heavy atom. The summed E-state index contributed by atoms with van der Waals surface area (Å²) < 4.78 is 0.762. The summed E-state index contributed by atoms with van der Waals surface area (Å²) in [7, 11) is 0. The third-order valence-corrected chi connectivity index (χ3v) is 2.78. The van der Waals surface area contributed by atoms with Crippen LogP contribution in [-0.2, 0) is 0 Å². The Kier molecular flexibility index (Phi) is 5.24. The Bertz CT molecular complexity index is 431. The molecular formula is C13H14BrNO. The van der Waals surface area contributed by atoms with Crippen LogP contribution in [0.2, 0.25) is 0 Å². The van der Waals surface area contributed by atoms with Crippen molar-refractivity contribution in [3.8, 4) is 11.8 Å². The molecule has 0 fully saturated rings. The molecule has 2 N–H and O–H groups in total. The van der Waals surface area contributed by atoms with Gasteiger partial charge < -0.3 is 5.73 Å². The number of carbonyl (C=O) groups is 1. The van der Waals surface area contributed by atoms with Crippen LogP contribution in [0.5, 0.6) is 0 Å². The minimum absolute atomic E-state index is 0.195. The second-order valence-electron chi connectivity index (χ2n) is 3.47. The number of nitrogens with two attached hydrogens (primary N) is 1. The molecule has 0 amide bonds. The van der Waals surface area contributed by atoms with Crippen molar-refractivity contribution in [3.63, 3.8) is 0 Å². The predicted molar refractivity (Wildman–Crippen MR) is 69.1 cm³/mol. The van der Waals surface area contributed by atoms with E-state index in [1.165, 1.54) is 0 Å². The number of hydrogen-bond acceptors (Lipinski definition) is 2. The average Bonchev–Trinajstić information content (AvgIpc) is 2.27. The van der Waals surface area contributed by atoms with E-state index in [0.29, 0.717) is 5.56 Å². The van der Waals surface area contributed by atoms with Gasteiger partial charge in [-0.2, -0.15) is 0 Å². The number of benzene rings is 1. The molecule has 0 bridgehead atoms. The molecule has 0 heterocycles. The van der Waals surface area contributed by atoms with Gasteiger partial charge in [0.2, 0.25) is 5.78 Å². The Hall–Kier alpha value is -1.11. The molecule has 1 atom stereocenters. The number of rotatable bonds is 3. The third kappa shape index (κ3) is 3.80. The van der Waals surface area contributed by atoms with Crippen molar-refractivity contribution in [2.45, 2.75) is 25.8 Å². The topological polar surface area (TPSA) is 43.1 Å². The summed E-state index contributed by atoms with van der Waals surface area (Å²) in [6.45, 7) is 2.04. The maximum absolute atomic E-state index is 11.7. The number of halogens is 1. The molecule has 2 nitrogen and oxygen atoms in total. The van der Waals surface area contributed by atoms with E-state index >= 15 is 0 Å². The molecule has 1 aromatic rings. The van der Waals surface area contributed by atoms with Gasteiger partial charge >= 0.3 is 0 Å². The van der Waals surface area contributed by atoms with Gasteiger partial charge in [-0.3, -0.25) is 4.79 Å². The van der Waals surface area contributed by atoms with E-state index in [1.807, 2.05) is 25.1 Å². The van der Waals surface area contributed by atoms with Gasteiger partial charge in [-0.15, -0.1) is 0 Å². The van der Waals surface area contributed by atoms with Crippen molar-refractivity contribution in [2.75, 3.05) is 0 Å². The first kappa shape index (κ1) is 13.0. The largest absolute Gasteiger partial charge is 0.318 e. The molecule has 1 rings (SSSR count). The van der Waals surface area contributed by atoms with Crippen LogP contribution in [-0.4, -0.2) is 11.8 Å². The van der Waals surface area contributed by atoms with Crippen molar-refractivity contribution >= 4 is 21.7 Å². The highest BCUT2D eigenvalue weighted by atomic mass is 79.9. The molecule has 0 radical (unpaired) electrons. The Morgan fingerprint density at radius 1 is 1.50 bits per heavy atom. The second kappa shape index (κ2) is 6.47. The average molecular weight is 280 g/mol. The highest BCUT2D eigenvalue weighted by molar-refractivity contribution is 9.10. The number of hydrogen-bond donors (Lipinski definition) is 1. The van der Waals surface area contributed by atoms with E-state index in [2.05, 4.69) is 27.8 Å². The minimum Gasteiger partial charge on any atom is -0.318 e.